The number of anilines is 1. The molecule has 0 radical (unpaired) electrons. The highest BCUT2D eigenvalue weighted by atomic mass is 16.2. The Labute approximate surface area is 90.7 Å². The molecule has 0 heterocycles. The Morgan fingerprint density at radius 3 is 2.73 bits per heavy atom. The van der Waals surface area contributed by atoms with E-state index >= 15 is 0 Å². The standard InChI is InChI=1S/C12H18N2O/c1-2-3-4-7-10-8-5-6-9-11(10)14-12(13)15/h5-6,8-9H,2-4,7H2,1H3,(H3,13,14,15). The number of carbonyl (C=O) groups is 1. The minimum absolute atomic E-state index is 0.502. The Kier molecular flexibility index (Phi) is 4.68. The molecule has 1 aromatic carbocycles. The molecule has 0 aliphatic carbocycles. The van der Waals surface area contributed by atoms with Crippen LogP contribution in [0.15, 0.2) is 24.3 Å². The van der Waals surface area contributed by atoms with Crippen LogP contribution in [-0.2, 0) is 6.42 Å². The zero-order valence-corrected chi connectivity index (χ0v) is 9.12. The van der Waals surface area contributed by atoms with Crippen molar-refractivity contribution in [3.8, 4) is 0 Å². The average Bonchev–Trinajstić information content (AvgIpc) is 2.20. The Bertz CT molecular complexity index is 323. The summed E-state index contributed by atoms with van der Waals surface area (Å²) in [7, 11) is 0. The SMILES string of the molecule is CCCCCc1ccccc1NC(N)=O. The fourth-order valence-electron chi connectivity index (χ4n) is 1.56. The zero-order valence-electron chi connectivity index (χ0n) is 9.12. The lowest BCUT2D eigenvalue weighted by Crippen LogP contribution is -2.20. The lowest BCUT2D eigenvalue weighted by atomic mass is 10.1. The highest BCUT2D eigenvalue weighted by Crippen LogP contribution is 2.17. The van der Waals surface area contributed by atoms with E-state index in [1.165, 1.54) is 12.8 Å². The third-order valence-electron chi connectivity index (χ3n) is 2.32. The maximum absolute atomic E-state index is 10.8. The molecular weight excluding hydrogens is 188 g/mol. The summed E-state index contributed by atoms with van der Waals surface area (Å²) in [6.45, 7) is 2.17. The number of nitrogens with two attached hydrogens (primary N) is 1. The van der Waals surface area contributed by atoms with Crippen LogP contribution in [0, 0.1) is 0 Å². The Balaban J connectivity index is 2.64. The number of benzene rings is 1. The second-order valence-electron chi connectivity index (χ2n) is 3.60. The van der Waals surface area contributed by atoms with Gasteiger partial charge in [0.15, 0.2) is 0 Å². The number of primary amides is 1. The number of urea groups is 1. The fourth-order valence-corrected chi connectivity index (χ4v) is 1.56. The highest BCUT2D eigenvalue weighted by Gasteiger charge is 2.02. The maximum atomic E-state index is 10.8. The van der Waals surface area contributed by atoms with E-state index in [1.807, 2.05) is 24.3 Å². The van der Waals surface area contributed by atoms with Gasteiger partial charge in [0.2, 0.25) is 0 Å². The molecule has 0 saturated heterocycles. The number of hydrogen-bond acceptors (Lipinski definition) is 1. The van der Waals surface area contributed by atoms with Gasteiger partial charge in [-0.2, -0.15) is 0 Å². The van der Waals surface area contributed by atoms with Crippen molar-refractivity contribution in [1.29, 1.82) is 0 Å². The number of para-hydroxylation sites is 1. The van der Waals surface area contributed by atoms with Crippen molar-refractivity contribution in [3.05, 3.63) is 29.8 Å². The summed E-state index contributed by atoms with van der Waals surface area (Å²) in [5.41, 5.74) is 7.09. The van der Waals surface area contributed by atoms with E-state index in [9.17, 15) is 4.79 Å². The van der Waals surface area contributed by atoms with Crippen LogP contribution in [0.2, 0.25) is 0 Å². The van der Waals surface area contributed by atoms with E-state index in [1.54, 1.807) is 0 Å². The summed E-state index contributed by atoms with van der Waals surface area (Å²) in [4.78, 5) is 10.8. The smallest absolute Gasteiger partial charge is 0.316 e. The second kappa shape index (κ2) is 6.06. The molecule has 0 spiro atoms. The van der Waals surface area contributed by atoms with Crippen molar-refractivity contribution in [2.24, 2.45) is 5.73 Å². The fraction of sp³-hybridized carbons (Fsp3) is 0.417. The summed E-state index contributed by atoms with van der Waals surface area (Å²) in [6.07, 6.45) is 4.55. The number of amides is 2. The number of aryl methyl sites for hydroxylation is 1. The minimum Gasteiger partial charge on any atom is -0.351 e. The van der Waals surface area contributed by atoms with Gasteiger partial charge in [-0.3, -0.25) is 0 Å². The molecule has 2 amide bonds. The lowest BCUT2D eigenvalue weighted by molar-refractivity contribution is 0.259. The third-order valence-corrected chi connectivity index (χ3v) is 2.32. The number of unbranched alkanes of at least 4 members (excludes halogenated alkanes) is 2. The van der Waals surface area contributed by atoms with Crippen LogP contribution < -0.4 is 11.1 Å². The van der Waals surface area contributed by atoms with Crippen LogP contribution in [0.1, 0.15) is 31.7 Å². The second-order valence-corrected chi connectivity index (χ2v) is 3.60. The molecule has 1 aromatic rings. The summed E-state index contributed by atoms with van der Waals surface area (Å²) in [5, 5.41) is 2.64. The first-order chi connectivity index (χ1) is 7.24. The number of nitrogens with one attached hydrogen (secondary N) is 1. The van der Waals surface area contributed by atoms with E-state index in [0.29, 0.717) is 0 Å². The molecule has 0 atom stereocenters. The first-order valence-electron chi connectivity index (χ1n) is 5.38. The molecule has 0 unspecified atom stereocenters. The largest absolute Gasteiger partial charge is 0.351 e. The molecule has 0 aliphatic heterocycles. The van der Waals surface area contributed by atoms with E-state index in [4.69, 9.17) is 5.73 Å². The van der Waals surface area contributed by atoms with Gasteiger partial charge in [0.25, 0.3) is 0 Å². The Morgan fingerprint density at radius 1 is 1.33 bits per heavy atom. The molecule has 0 saturated carbocycles. The van der Waals surface area contributed by atoms with E-state index in [0.717, 1.165) is 24.1 Å². The van der Waals surface area contributed by atoms with Crippen LogP contribution in [0.4, 0.5) is 10.5 Å². The van der Waals surface area contributed by atoms with Crippen LogP contribution in [0.25, 0.3) is 0 Å². The van der Waals surface area contributed by atoms with Gasteiger partial charge in [0.1, 0.15) is 0 Å². The Hall–Kier alpha value is -1.51. The molecule has 3 heteroatoms. The summed E-state index contributed by atoms with van der Waals surface area (Å²) >= 11 is 0. The molecular formula is C12H18N2O. The van der Waals surface area contributed by atoms with Gasteiger partial charge >= 0.3 is 6.03 Å². The summed E-state index contributed by atoms with van der Waals surface area (Å²) < 4.78 is 0. The van der Waals surface area contributed by atoms with Gasteiger partial charge in [0.05, 0.1) is 0 Å². The molecule has 0 fully saturated rings. The van der Waals surface area contributed by atoms with Crippen molar-refractivity contribution >= 4 is 11.7 Å². The number of rotatable bonds is 5. The molecule has 3 nitrogen and oxygen atoms in total. The molecule has 0 aliphatic rings. The normalized spacial score (nSPS) is 9.93. The predicted octanol–water partition coefficient (Wildman–Crippen LogP) is 2.91. The summed E-state index contributed by atoms with van der Waals surface area (Å²) in [5.74, 6) is 0. The Morgan fingerprint density at radius 2 is 2.07 bits per heavy atom. The van der Waals surface area contributed by atoms with E-state index in [2.05, 4.69) is 12.2 Å². The zero-order chi connectivity index (χ0) is 11.1. The van der Waals surface area contributed by atoms with Gasteiger partial charge in [-0.25, -0.2) is 4.79 Å². The van der Waals surface area contributed by atoms with Crippen molar-refractivity contribution in [2.75, 3.05) is 5.32 Å². The third kappa shape index (κ3) is 4.02. The predicted molar refractivity (Wildman–Crippen MR) is 62.9 cm³/mol. The van der Waals surface area contributed by atoms with Crippen molar-refractivity contribution in [1.82, 2.24) is 0 Å². The quantitative estimate of drug-likeness (QED) is 0.715. The number of hydrogen-bond donors (Lipinski definition) is 2. The first-order valence-corrected chi connectivity index (χ1v) is 5.38. The van der Waals surface area contributed by atoms with E-state index in [-0.39, 0.29) is 0 Å². The van der Waals surface area contributed by atoms with Crippen molar-refractivity contribution in [2.45, 2.75) is 32.6 Å². The van der Waals surface area contributed by atoms with Crippen molar-refractivity contribution < 1.29 is 4.79 Å². The molecule has 15 heavy (non-hydrogen) atoms. The van der Waals surface area contributed by atoms with Gasteiger partial charge in [-0.1, -0.05) is 38.0 Å². The molecule has 0 aromatic heterocycles. The highest BCUT2D eigenvalue weighted by molar-refractivity contribution is 5.88. The van der Waals surface area contributed by atoms with Gasteiger partial charge < -0.3 is 11.1 Å². The molecule has 82 valence electrons. The minimum atomic E-state index is -0.502. The van der Waals surface area contributed by atoms with Gasteiger partial charge in [0, 0.05) is 5.69 Å². The average molecular weight is 206 g/mol. The van der Waals surface area contributed by atoms with Crippen molar-refractivity contribution in [3.63, 3.8) is 0 Å². The molecule has 1 rings (SSSR count). The molecule has 3 N–H and O–H groups in total. The van der Waals surface area contributed by atoms with Gasteiger partial charge in [-0.15, -0.1) is 0 Å². The van der Waals surface area contributed by atoms with Gasteiger partial charge in [-0.05, 0) is 24.5 Å². The first kappa shape index (κ1) is 11.6. The molecule has 0 bridgehead atoms. The van der Waals surface area contributed by atoms with Crippen LogP contribution >= 0.6 is 0 Å². The van der Waals surface area contributed by atoms with Crippen LogP contribution in [0.5, 0.6) is 0 Å². The van der Waals surface area contributed by atoms with E-state index < -0.39 is 6.03 Å². The lowest BCUT2D eigenvalue weighted by Gasteiger charge is -2.08. The van der Waals surface area contributed by atoms with Crippen LogP contribution in [0.3, 0.4) is 0 Å². The maximum Gasteiger partial charge on any atom is 0.316 e. The van der Waals surface area contributed by atoms with Crippen LogP contribution in [-0.4, -0.2) is 6.03 Å². The summed E-state index contributed by atoms with van der Waals surface area (Å²) in [6, 6.07) is 7.28. The topological polar surface area (TPSA) is 55.1 Å². The number of carbonyl (C=O) groups excluding carboxylic acids is 1. The monoisotopic (exact) mass is 206 g/mol.